The minimum Gasteiger partial charge on any atom is -0.481 e. The van der Waals surface area contributed by atoms with Crippen LogP contribution >= 0.6 is 0 Å². The van der Waals surface area contributed by atoms with Gasteiger partial charge in [0.15, 0.2) is 0 Å². The lowest BCUT2D eigenvalue weighted by molar-refractivity contribution is -0.221. The molecule has 1 heterocycles. The van der Waals surface area contributed by atoms with Crippen molar-refractivity contribution in [2.75, 3.05) is 25.9 Å². The summed E-state index contributed by atoms with van der Waals surface area (Å²) in [5.41, 5.74) is 4.87. The first-order valence-corrected chi connectivity index (χ1v) is 22.7. The van der Waals surface area contributed by atoms with Gasteiger partial charge in [-0.05, 0) is 159 Å². The van der Waals surface area contributed by atoms with Crippen LogP contribution in [-0.2, 0) is 19.4 Å². The number of amides is 1. The number of piperidine rings is 1. The first-order chi connectivity index (χ1) is 24.3. The van der Waals surface area contributed by atoms with Crippen molar-refractivity contribution in [2.45, 2.75) is 142 Å². The summed E-state index contributed by atoms with van der Waals surface area (Å²) in [5.74, 6) is 1.99. The van der Waals surface area contributed by atoms with Gasteiger partial charge < -0.3 is 15.3 Å². The van der Waals surface area contributed by atoms with Crippen molar-refractivity contribution in [1.82, 2.24) is 10.2 Å². The molecule has 8 heteroatoms. The Morgan fingerprint density at radius 1 is 0.904 bits per heavy atom. The monoisotopic (exact) mass is 736 g/mol. The van der Waals surface area contributed by atoms with E-state index in [1.807, 2.05) is 4.90 Å². The summed E-state index contributed by atoms with van der Waals surface area (Å²) < 4.78 is 24.3. The number of rotatable bonds is 7. The number of carboxylic acid groups (broad SMARTS) is 1. The number of fused-ring (bicyclic) bond motifs is 7. The fourth-order valence-electron chi connectivity index (χ4n) is 14.8. The third-order valence-corrected chi connectivity index (χ3v) is 19.4. The van der Waals surface area contributed by atoms with E-state index in [2.05, 4.69) is 65.6 Å². The molecule has 1 amide bonds. The molecule has 6 aliphatic carbocycles. The average molecular weight is 737 g/mol. The van der Waals surface area contributed by atoms with Gasteiger partial charge >= 0.3 is 5.97 Å². The highest BCUT2D eigenvalue weighted by Crippen LogP contribution is 2.76. The van der Waals surface area contributed by atoms with Crippen LogP contribution in [0.4, 0.5) is 0 Å². The molecule has 7 nitrogen and oxygen atoms in total. The van der Waals surface area contributed by atoms with Gasteiger partial charge in [0.25, 0.3) is 0 Å². The van der Waals surface area contributed by atoms with Crippen molar-refractivity contribution >= 4 is 21.7 Å². The Morgan fingerprint density at radius 2 is 1.62 bits per heavy atom. The molecule has 1 aliphatic heterocycles. The Labute approximate surface area is 314 Å². The van der Waals surface area contributed by atoms with Gasteiger partial charge in [-0.1, -0.05) is 58.9 Å². The van der Waals surface area contributed by atoms with Gasteiger partial charge in [-0.2, -0.15) is 0 Å². The first-order valence-electron chi connectivity index (χ1n) is 20.8. The van der Waals surface area contributed by atoms with Gasteiger partial charge in [0.05, 0.1) is 17.7 Å². The van der Waals surface area contributed by atoms with Crippen LogP contribution in [0.5, 0.6) is 0 Å². The second-order valence-electron chi connectivity index (χ2n) is 20.2. The number of carboxylic acids is 1. The Morgan fingerprint density at radius 3 is 2.23 bits per heavy atom. The molecule has 52 heavy (non-hydrogen) atoms. The topological polar surface area (TPSA) is 104 Å². The van der Waals surface area contributed by atoms with Crippen molar-refractivity contribution in [3.8, 4) is 0 Å². The standard InChI is InChI=1S/C44H68N2O5S/c1-28(2)32-15-22-44(45-27-37(47)46-25-18-31(19-26-46)52(8,50)51)24-23-42(6)34(38(32)44)13-14-36-41(5)20-16-33(29-9-11-30(12-10-29)39(48)49)40(3,4)35(41)17-21-43(36,42)7/h9,16,30-32,34-36,38,45H,1,10-15,17-27H2,2-8H3,(H,48,49)/t30-,32-,34+,35?,36?,38+,41-,42+,43+,44-/m0/s1. The summed E-state index contributed by atoms with van der Waals surface area (Å²) in [5, 5.41) is 13.3. The summed E-state index contributed by atoms with van der Waals surface area (Å²) in [7, 11) is -3.07. The molecular formula is C44H68N2O5S. The SMILES string of the molecule is C=C(C)[C@@H]1CC[C@]2(NCC(=O)N3CCC(S(C)(=O)=O)CC3)CC[C@]3(C)[C@H](CCC4[C@@]5(C)CC=C(C6=CC[C@H](C(=O)O)CC6)C(C)(C)C5CC[C@]43C)[C@@H]12. The van der Waals surface area contributed by atoms with E-state index in [1.54, 1.807) is 0 Å². The Hall–Kier alpha value is -1.93. The van der Waals surface area contributed by atoms with Crippen LogP contribution in [0, 0.1) is 57.2 Å². The lowest BCUT2D eigenvalue weighted by Crippen LogP contribution is -2.68. The number of hydrogen-bond acceptors (Lipinski definition) is 5. The summed E-state index contributed by atoms with van der Waals surface area (Å²) in [6, 6.07) is 0. The molecule has 5 fully saturated rings. The molecule has 7 rings (SSSR count). The van der Waals surface area contributed by atoms with Crippen molar-refractivity contribution in [3.63, 3.8) is 0 Å². The number of carbonyl (C=O) groups excluding carboxylic acids is 1. The molecule has 0 aromatic carbocycles. The number of hydrogen-bond donors (Lipinski definition) is 2. The third-order valence-electron chi connectivity index (χ3n) is 17.7. The van der Waals surface area contributed by atoms with E-state index in [0.717, 1.165) is 38.5 Å². The lowest BCUT2D eigenvalue weighted by atomic mass is 9.33. The van der Waals surface area contributed by atoms with Gasteiger partial charge in [0.2, 0.25) is 5.91 Å². The maximum absolute atomic E-state index is 13.6. The number of likely N-dealkylation sites (tertiary alicyclic amines) is 1. The van der Waals surface area contributed by atoms with E-state index < -0.39 is 15.8 Å². The second kappa shape index (κ2) is 13.1. The number of nitrogens with one attached hydrogen (secondary N) is 1. The fraction of sp³-hybridized carbons (Fsp3) is 0.818. The lowest BCUT2D eigenvalue weighted by Gasteiger charge is -2.72. The summed E-state index contributed by atoms with van der Waals surface area (Å²) in [4.78, 5) is 27.2. The Bertz CT molecular complexity index is 1650. The molecule has 10 atom stereocenters. The minimum atomic E-state index is -3.07. The van der Waals surface area contributed by atoms with Crippen LogP contribution in [0.2, 0.25) is 0 Å². The van der Waals surface area contributed by atoms with E-state index in [1.165, 1.54) is 55.1 Å². The fourth-order valence-corrected chi connectivity index (χ4v) is 15.9. The van der Waals surface area contributed by atoms with Gasteiger partial charge in [0.1, 0.15) is 9.84 Å². The average Bonchev–Trinajstić information content (AvgIpc) is 3.47. The normalized spacial score (nSPS) is 43.2. The van der Waals surface area contributed by atoms with Gasteiger partial charge in [0, 0.05) is 24.9 Å². The zero-order chi connectivity index (χ0) is 37.6. The third kappa shape index (κ3) is 5.84. The predicted octanol–water partition coefficient (Wildman–Crippen LogP) is 8.37. The molecule has 0 spiro atoms. The number of sulfone groups is 1. The molecule has 0 aromatic heterocycles. The molecule has 0 aromatic rings. The summed E-state index contributed by atoms with van der Waals surface area (Å²) >= 11 is 0. The predicted molar refractivity (Wildman–Crippen MR) is 208 cm³/mol. The second-order valence-corrected chi connectivity index (χ2v) is 22.5. The smallest absolute Gasteiger partial charge is 0.306 e. The van der Waals surface area contributed by atoms with Crippen molar-refractivity contribution < 1.29 is 23.1 Å². The molecule has 2 N–H and O–H groups in total. The summed E-state index contributed by atoms with van der Waals surface area (Å²) in [6.45, 7) is 21.2. The van der Waals surface area contributed by atoms with Crippen LogP contribution in [0.3, 0.4) is 0 Å². The molecular weight excluding hydrogens is 669 g/mol. The van der Waals surface area contributed by atoms with Crippen LogP contribution < -0.4 is 5.32 Å². The van der Waals surface area contributed by atoms with E-state index in [9.17, 15) is 23.1 Å². The molecule has 290 valence electrons. The Balaban J connectivity index is 1.12. The maximum atomic E-state index is 13.6. The van der Waals surface area contributed by atoms with Crippen molar-refractivity contribution in [1.29, 1.82) is 0 Å². The van der Waals surface area contributed by atoms with E-state index in [4.69, 9.17) is 0 Å². The Kier molecular flexibility index (Phi) is 9.65. The highest BCUT2D eigenvalue weighted by molar-refractivity contribution is 7.91. The molecule has 4 saturated carbocycles. The van der Waals surface area contributed by atoms with E-state index >= 15 is 0 Å². The van der Waals surface area contributed by atoms with Crippen LogP contribution in [0.1, 0.15) is 131 Å². The minimum absolute atomic E-state index is 0.0583. The largest absolute Gasteiger partial charge is 0.481 e. The van der Waals surface area contributed by atoms with E-state index in [-0.39, 0.29) is 44.3 Å². The van der Waals surface area contributed by atoms with Gasteiger partial charge in [-0.3, -0.25) is 9.59 Å². The molecule has 2 unspecified atom stereocenters. The van der Waals surface area contributed by atoms with Crippen LogP contribution in [-0.4, -0.2) is 67.0 Å². The number of carbonyl (C=O) groups is 2. The number of allylic oxidation sites excluding steroid dienone is 5. The number of nitrogens with zero attached hydrogens (tertiary/aromatic N) is 1. The van der Waals surface area contributed by atoms with Crippen molar-refractivity contribution in [3.05, 3.63) is 35.5 Å². The van der Waals surface area contributed by atoms with Crippen LogP contribution in [0.15, 0.2) is 35.5 Å². The zero-order valence-corrected chi connectivity index (χ0v) is 34.2. The highest BCUT2D eigenvalue weighted by Gasteiger charge is 2.70. The molecule has 0 bridgehead atoms. The zero-order valence-electron chi connectivity index (χ0n) is 33.4. The molecule has 1 saturated heterocycles. The van der Waals surface area contributed by atoms with Crippen LogP contribution in [0.25, 0.3) is 0 Å². The van der Waals surface area contributed by atoms with Gasteiger partial charge in [-0.15, -0.1) is 0 Å². The highest BCUT2D eigenvalue weighted by atomic mass is 32.2. The van der Waals surface area contributed by atoms with E-state index in [0.29, 0.717) is 68.5 Å². The summed E-state index contributed by atoms with van der Waals surface area (Å²) in [6.07, 6.45) is 20.2. The number of aliphatic carboxylic acids is 1. The quantitative estimate of drug-likeness (QED) is 0.255. The molecule has 0 radical (unpaired) electrons. The first kappa shape index (κ1) is 38.3. The molecule has 7 aliphatic rings. The maximum Gasteiger partial charge on any atom is 0.306 e. The van der Waals surface area contributed by atoms with Gasteiger partial charge in [-0.25, -0.2) is 8.42 Å². The van der Waals surface area contributed by atoms with Crippen molar-refractivity contribution in [2.24, 2.45) is 57.2 Å².